The lowest BCUT2D eigenvalue weighted by molar-refractivity contribution is -0.359. The van der Waals surface area contributed by atoms with Crippen LogP contribution >= 0.6 is 0 Å². The fraction of sp³-hybridized carbons (Fsp3) is 0.780. The highest BCUT2D eigenvalue weighted by Crippen LogP contribution is 2.30. The maximum absolute atomic E-state index is 13.2. The van der Waals surface area contributed by atoms with Crippen LogP contribution in [0.2, 0.25) is 0 Å². The van der Waals surface area contributed by atoms with Crippen molar-refractivity contribution >= 4 is 5.91 Å². The predicted molar refractivity (Wildman–Crippen MR) is 290 cm³/mol. The third-order valence-corrected chi connectivity index (χ3v) is 13.7. The number of amides is 1. The second kappa shape index (κ2) is 44.5. The van der Waals surface area contributed by atoms with E-state index in [9.17, 15) is 45.6 Å². The van der Waals surface area contributed by atoms with Crippen LogP contribution in [-0.4, -0.2) is 140 Å². The standard InChI is InChI=1S/C59H103NO13/c1-3-5-7-9-11-13-15-17-19-21-23-25-26-28-30-32-34-36-38-40-42-48(63)47(60-51(64)43-41-39-37-35-33-31-29-27-24-22-20-18-16-14-12-10-8-6-4-2)46-70-58-56(69)54(67)57(50(45-62)72-58)73-59-55(68)53(66)52(65)49(44-61)71-59/h6,8,12,14,18,20,24,27,31,33,37,39,47-50,52-59,61-63,65-69H,3-5,7,9-11,13,15-17,19,21-23,25-26,28-30,32,34-36,38,40-46H2,1-2H3,(H,60,64)/b8-6-,14-12-,20-18-,27-24-,33-31-,39-37-. The summed E-state index contributed by atoms with van der Waals surface area (Å²) in [5.74, 6) is -0.290. The van der Waals surface area contributed by atoms with Crippen molar-refractivity contribution in [2.75, 3.05) is 19.8 Å². The quantitative estimate of drug-likeness (QED) is 0.0205. The van der Waals surface area contributed by atoms with Gasteiger partial charge in [-0.3, -0.25) is 4.79 Å². The first-order valence-electron chi connectivity index (χ1n) is 28.7. The van der Waals surface area contributed by atoms with Gasteiger partial charge in [0.25, 0.3) is 0 Å². The van der Waals surface area contributed by atoms with Crippen molar-refractivity contribution in [1.82, 2.24) is 5.32 Å². The van der Waals surface area contributed by atoms with E-state index in [1.54, 1.807) is 0 Å². The smallest absolute Gasteiger partial charge is 0.220 e. The number of allylic oxidation sites excluding steroid dienone is 12. The van der Waals surface area contributed by atoms with Gasteiger partial charge in [0.05, 0.1) is 32.0 Å². The molecule has 2 fully saturated rings. The summed E-state index contributed by atoms with van der Waals surface area (Å²) in [6.45, 7) is 2.70. The Kier molecular flexibility index (Phi) is 40.6. The SMILES string of the molecule is CC/C=C\C/C=C\C/C=C\C/C=C\C/C=C\C/C=C\CCC(=O)NC(COC1OC(CO)C(OC2OC(CO)C(O)C(O)C2O)C(O)C1O)C(O)CCCCCCCCCCCCCCCCCCCCCC. The van der Waals surface area contributed by atoms with Crippen LogP contribution in [0.15, 0.2) is 72.9 Å². The molecule has 1 amide bonds. The molecule has 73 heavy (non-hydrogen) atoms. The highest BCUT2D eigenvalue weighted by molar-refractivity contribution is 5.76. The zero-order valence-corrected chi connectivity index (χ0v) is 45.1. The van der Waals surface area contributed by atoms with E-state index >= 15 is 0 Å². The average molecular weight is 1030 g/mol. The van der Waals surface area contributed by atoms with Gasteiger partial charge < -0.3 is 65.1 Å². The lowest BCUT2D eigenvalue weighted by Crippen LogP contribution is -2.65. The normalized spacial score (nSPS) is 25.9. The molecule has 0 aromatic carbocycles. The van der Waals surface area contributed by atoms with Gasteiger partial charge in [0.2, 0.25) is 5.91 Å². The molecule has 14 nitrogen and oxygen atoms in total. The summed E-state index contributed by atoms with van der Waals surface area (Å²) in [4.78, 5) is 13.2. The van der Waals surface area contributed by atoms with Gasteiger partial charge in [0.1, 0.15) is 48.8 Å². The Labute approximate surface area is 440 Å². The van der Waals surface area contributed by atoms with Gasteiger partial charge in [0.15, 0.2) is 12.6 Å². The molecule has 9 N–H and O–H groups in total. The molecule has 0 bridgehead atoms. The van der Waals surface area contributed by atoms with E-state index in [1.165, 1.54) is 103 Å². The molecule has 0 radical (unpaired) electrons. The van der Waals surface area contributed by atoms with E-state index in [4.69, 9.17) is 18.9 Å². The van der Waals surface area contributed by atoms with Gasteiger partial charge in [-0.05, 0) is 51.4 Å². The van der Waals surface area contributed by atoms with Crippen molar-refractivity contribution in [3.8, 4) is 0 Å². The zero-order chi connectivity index (χ0) is 53.2. The van der Waals surface area contributed by atoms with Crippen LogP contribution in [0, 0.1) is 0 Å². The number of carbonyl (C=O) groups excluding carboxylic acids is 1. The number of nitrogens with one attached hydrogen (secondary N) is 1. The van der Waals surface area contributed by atoms with Crippen LogP contribution in [0.25, 0.3) is 0 Å². The van der Waals surface area contributed by atoms with Gasteiger partial charge in [0, 0.05) is 6.42 Å². The summed E-state index contributed by atoms with van der Waals surface area (Å²) < 4.78 is 22.8. The fourth-order valence-corrected chi connectivity index (χ4v) is 9.08. The van der Waals surface area contributed by atoms with E-state index in [0.29, 0.717) is 12.8 Å². The van der Waals surface area contributed by atoms with Crippen LogP contribution in [0.1, 0.15) is 200 Å². The van der Waals surface area contributed by atoms with Gasteiger partial charge >= 0.3 is 0 Å². The molecule has 12 atom stereocenters. The molecule has 0 aliphatic carbocycles. The Hall–Kier alpha value is -2.57. The van der Waals surface area contributed by atoms with Gasteiger partial charge in [-0.25, -0.2) is 0 Å². The van der Waals surface area contributed by atoms with E-state index in [1.807, 2.05) is 12.2 Å². The van der Waals surface area contributed by atoms with Crippen molar-refractivity contribution < 1.29 is 64.6 Å². The number of rotatable bonds is 44. The molecule has 2 rings (SSSR count). The molecule has 2 aliphatic heterocycles. The first-order valence-corrected chi connectivity index (χ1v) is 28.7. The molecule has 2 aliphatic rings. The van der Waals surface area contributed by atoms with Crippen LogP contribution in [-0.2, 0) is 23.7 Å². The maximum atomic E-state index is 13.2. The summed E-state index contributed by atoms with van der Waals surface area (Å²) in [7, 11) is 0. The Balaban J connectivity index is 1.81. The van der Waals surface area contributed by atoms with E-state index in [2.05, 4.69) is 79.9 Å². The highest BCUT2D eigenvalue weighted by atomic mass is 16.7. The first-order chi connectivity index (χ1) is 35.6. The Morgan fingerprint density at radius 2 is 0.918 bits per heavy atom. The molecule has 0 spiro atoms. The minimum Gasteiger partial charge on any atom is -0.394 e. The minimum absolute atomic E-state index is 0.176. The van der Waals surface area contributed by atoms with Crippen molar-refractivity contribution in [3.05, 3.63) is 72.9 Å². The summed E-state index contributed by atoms with van der Waals surface area (Å²) in [6.07, 6.45) is 40.5. The summed E-state index contributed by atoms with van der Waals surface area (Å²) in [5.41, 5.74) is 0. The van der Waals surface area contributed by atoms with E-state index < -0.39 is 86.8 Å². The molecule has 2 heterocycles. The maximum Gasteiger partial charge on any atom is 0.220 e. The molecule has 422 valence electrons. The summed E-state index contributed by atoms with van der Waals surface area (Å²) >= 11 is 0. The zero-order valence-electron chi connectivity index (χ0n) is 45.1. The van der Waals surface area contributed by atoms with Gasteiger partial charge in [-0.15, -0.1) is 0 Å². The van der Waals surface area contributed by atoms with Crippen LogP contribution in [0.5, 0.6) is 0 Å². The fourth-order valence-electron chi connectivity index (χ4n) is 9.08. The number of hydrogen-bond acceptors (Lipinski definition) is 13. The molecular formula is C59H103NO13. The number of hydrogen-bond donors (Lipinski definition) is 9. The summed E-state index contributed by atoms with van der Waals surface area (Å²) in [5, 5.41) is 87.1. The second-order valence-electron chi connectivity index (χ2n) is 20.0. The third-order valence-electron chi connectivity index (χ3n) is 13.7. The number of unbranched alkanes of at least 4 members (excludes halogenated alkanes) is 19. The third kappa shape index (κ3) is 30.7. The van der Waals surface area contributed by atoms with Gasteiger partial charge in [-0.1, -0.05) is 215 Å². The first kappa shape index (κ1) is 66.5. The van der Waals surface area contributed by atoms with Gasteiger partial charge in [-0.2, -0.15) is 0 Å². The van der Waals surface area contributed by atoms with Crippen molar-refractivity contribution in [1.29, 1.82) is 0 Å². The predicted octanol–water partition coefficient (Wildman–Crippen LogP) is 9.16. The van der Waals surface area contributed by atoms with E-state index in [-0.39, 0.29) is 18.9 Å². The number of carbonyl (C=O) groups is 1. The second-order valence-corrected chi connectivity index (χ2v) is 20.0. The van der Waals surface area contributed by atoms with Crippen molar-refractivity contribution in [3.63, 3.8) is 0 Å². The molecule has 12 unspecified atom stereocenters. The number of aliphatic hydroxyl groups is 8. The Bertz CT molecular complexity index is 1500. The molecule has 14 heteroatoms. The average Bonchev–Trinajstić information content (AvgIpc) is 3.39. The highest BCUT2D eigenvalue weighted by Gasteiger charge is 2.51. The van der Waals surface area contributed by atoms with Crippen LogP contribution in [0.4, 0.5) is 0 Å². The van der Waals surface area contributed by atoms with Crippen LogP contribution in [0.3, 0.4) is 0 Å². The minimum atomic E-state index is -1.79. The topological polar surface area (TPSA) is 228 Å². The molecule has 0 saturated carbocycles. The Morgan fingerprint density at radius 1 is 0.507 bits per heavy atom. The molecule has 2 saturated heterocycles. The molecule has 0 aromatic rings. The van der Waals surface area contributed by atoms with Crippen molar-refractivity contribution in [2.45, 2.75) is 274 Å². The monoisotopic (exact) mass is 1030 g/mol. The Morgan fingerprint density at radius 3 is 1.37 bits per heavy atom. The van der Waals surface area contributed by atoms with Crippen molar-refractivity contribution in [2.24, 2.45) is 0 Å². The number of aliphatic hydroxyl groups excluding tert-OH is 8. The molecular weight excluding hydrogens is 931 g/mol. The largest absolute Gasteiger partial charge is 0.394 e. The van der Waals surface area contributed by atoms with E-state index in [0.717, 1.165) is 64.2 Å². The molecule has 0 aromatic heterocycles. The lowest BCUT2D eigenvalue weighted by Gasteiger charge is -2.46. The van der Waals surface area contributed by atoms with Crippen LogP contribution < -0.4 is 5.32 Å². The lowest BCUT2D eigenvalue weighted by atomic mass is 9.97. The number of ether oxygens (including phenoxy) is 4. The summed E-state index contributed by atoms with van der Waals surface area (Å²) in [6, 6.07) is -0.873.